The maximum atomic E-state index is 13.0. The van der Waals surface area contributed by atoms with E-state index in [-0.39, 0.29) is 17.3 Å². The number of sulfonamides is 1. The summed E-state index contributed by atoms with van der Waals surface area (Å²) in [5.74, 6) is -0.262. The van der Waals surface area contributed by atoms with E-state index < -0.39 is 10.0 Å². The Kier molecular flexibility index (Phi) is 5.64. The largest absolute Gasteiger partial charge is 0.379 e. The van der Waals surface area contributed by atoms with Crippen LogP contribution in [-0.2, 0) is 26.1 Å². The van der Waals surface area contributed by atoms with Gasteiger partial charge in [-0.1, -0.05) is 12.1 Å². The molecule has 2 aromatic rings. The molecular formula is C18H24N4O4S. The van der Waals surface area contributed by atoms with Crippen molar-refractivity contribution in [3.63, 3.8) is 0 Å². The van der Waals surface area contributed by atoms with Gasteiger partial charge in [0.2, 0.25) is 15.9 Å². The fourth-order valence-corrected chi connectivity index (χ4v) is 4.96. The number of hydrogen-bond donors (Lipinski definition) is 1. The first-order chi connectivity index (χ1) is 12.8. The highest BCUT2D eigenvalue weighted by Gasteiger charge is 2.32. The lowest BCUT2D eigenvalue weighted by molar-refractivity contribution is -0.116. The summed E-state index contributed by atoms with van der Waals surface area (Å²) in [6.45, 7) is 6.61. The standard InChI is InChI=1S/C18H24N4O4S/c1-13-5-4-6-16(11-13)19-17(23)12-22-15(3)18(14(2)20-22)27(24,25)21-7-9-26-10-8-21/h4-6,11H,7-10,12H2,1-3H3,(H,19,23). The highest BCUT2D eigenvalue weighted by molar-refractivity contribution is 7.89. The van der Waals surface area contributed by atoms with E-state index in [0.717, 1.165) is 5.56 Å². The van der Waals surface area contributed by atoms with Crippen molar-refractivity contribution in [3.05, 3.63) is 41.2 Å². The maximum Gasteiger partial charge on any atom is 0.246 e. The van der Waals surface area contributed by atoms with Crippen molar-refractivity contribution in [2.45, 2.75) is 32.2 Å². The zero-order chi connectivity index (χ0) is 19.6. The third kappa shape index (κ3) is 4.20. The van der Waals surface area contributed by atoms with Crippen LogP contribution in [0.3, 0.4) is 0 Å². The van der Waals surface area contributed by atoms with Crippen LogP contribution in [0.2, 0.25) is 0 Å². The summed E-state index contributed by atoms with van der Waals surface area (Å²) in [7, 11) is -3.66. The predicted molar refractivity (Wildman–Crippen MR) is 101 cm³/mol. The Balaban J connectivity index is 1.80. The van der Waals surface area contributed by atoms with Gasteiger partial charge in [0.15, 0.2) is 0 Å². The summed E-state index contributed by atoms with van der Waals surface area (Å²) in [6.07, 6.45) is 0. The summed E-state index contributed by atoms with van der Waals surface area (Å²) >= 11 is 0. The Morgan fingerprint density at radius 2 is 1.93 bits per heavy atom. The Morgan fingerprint density at radius 3 is 2.59 bits per heavy atom. The molecule has 0 saturated carbocycles. The molecule has 1 amide bonds. The molecule has 9 heteroatoms. The van der Waals surface area contributed by atoms with E-state index in [1.54, 1.807) is 19.9 Å². The first-order valence-corrected chi connectivity index (χ1v) is 10.2. The SMILES string of the molecule is Cc1cccc(NC(=O)Cn2nc(C)c(S(=O)(=O)N3CCOCC3)c2C)c1. The quantitative estimate of drug-likeness (QED) is 0.832. The number of morpholine rings is 1. The van der Waals surface area contributed by atoms with Crippen LogP contribution in [0.5, 0.6) is 0 Å². The molecule has 3 rings (SSSR count). The van der Waals surface area contributed by atoms with Crippen molar-refractivity contribution in [1.82, 2.24) is 14.1 Å². The molecule has 146 valence electrons. The lowest BCUT2D eigenvalue weighted by Crippen LogP contribution is -2.41. The third-order valence-corrected chi connectivity index (χ3v) is 6.63. The van der Waals surface area contributed by atoms with Gasteiger partial charge in [-0.25, -0.2) is 8.42 Å². The summed E-state index contributed by atoms with van der Waals surface area (Å²) < 4.78 is 34.0. The number of nitrogens with one attached hydrogen (secondary N) is 1. The molecule has 0 spiro atoms. The number of ether oxygens (including phenoxy) is 1. The van der Waals surface area contributed by atoms with Gasteiger partial charge in [-0.2, -0.15) is 9.40 Å². The Hall–Kier alpha value is -2.23. The van der Waals surface area contributed by atoms with E-state index in [2.05, 4.69) is 10.4 Å². The van der Waals surface area contributed by atoms with E-state index in [1.165, 1.54) is 8.99 Å². The molecule has 0 bridgehead atoms. The average Bonchev–Trinajstić information content (AvgIpc) is 2.89. The molecule has 1 fully saturated rings. The minimum absolute atomic E-state index is 0.0563. The van der Waals surface area contributed by atoms with Gasteiger partial charge in [-0.05, 0) is 38.5 Å². The number of aryl methyl sites for hydroxylation is 2. The van der Waals surface area contributed by atoms with Gasteiger partial charge in [0, 0.05) is 18.8 Å². The Morgan fingerprint density at radius 1 is 1.22 bits per heavy atom. The van der Waals surface area contributed by atoms with E-state index in [4.69, 9.17) is 4.74 Å². The number of nitrogens with zero attached hydrogens (tertiary/aromatic N) is 3. The molecule has 1 aliphatic heterocycles. The lowest BCUT2D eigenvalue weighted by Gasteiger charge is -2.26. The first kappa shape index (κ1) is 19.5. The molecule has 1 aromatic heterocycles. The fraction of sp³-hybridized carbons (Fsp3) is 0.444. The summed E-state index contributed by atoms with van der Waals surface area (Å²) in [5, 5.41) is 7.10. The molecule has 1 N–H and O–H groups in total. The third-order valence-electron chi connectivity index (χ3n) is 4.48. The number of amides is 1. The molecule has 2 heterocycles. The number of anilines is 1. The zero-order valence-corrected chi connectivity index (χ0v) is 16.5. The van der Waals surface area contributed by atoms with E-state index in [9.17, 15) is 13.2 Å². The van der Waals surface area contributed by atoms with Crippen molar-refractivity contribution in [2.75, 3.05) is 31.6 Å². The van der Waals surface area contributed by atoms with Gasteiger partial charge < -0.3 is 10.1 Å². The van der Waals surface area contributed by atoms with Crippen molar-refractivity contribution in [3.8, 4) is 0 Å². The minimum atomic E-state index is -3.66. The molecular weight excluding hydrogens is 368 g/mol. The topological polar surface area (TPSA) is 93.5 Å². The second-order valence-electron chi connectivity index (χ2n) is 6.59. The second kappa shape index (κ2) is 7.79. The van der Waals surface area contributed by atoms with Gasteiger partial charge in [-0.3, -0.25) is 9.48 Å². The lowest BCUT2D eigenvalue weighted by atomic mass is 10.2. The monoisotopic (exact) mass is 392 g/mol. The van der Waals surface area contributed by atoms with Gasteiger partial charge in [-0.15, -0.1) is 0 Å². The summed E-state index contributed by atoms with van der Waals surface area (Å²) in [4.78, 5) is 12.5. The number of aromatic nitrogens is 2. The molecule has 0 radical (unpaired) electrons. The second-order valence-corrected chi connectivity index (χ2v) is 8.47. The van der Waals surface area contributed by atoms with Crippen LogP contribution in [0.4, 0.5) is 5.69 Å². The maximum absolute atomic E-state index is 13.0. The van der Waals surface area contributed by atoms with Crippen LogP contribution in [-0.4, -0.2) is 54.7 Å². The van der Waals surface area contributed by atoms with Gasteiger partial charge >= 0.3 is 0 Å². The number of carbonyl (C=O) groups excluding carboxylic acids is 1. The van der Waals surface area contributed by atoms with Crippen molar-refractivity contribution in [2.24, 2.45) is 0 Å². The van der Waals surface area contributed by atoms with Gasteiger partial charge in [0.05, 0.1) is 24.6 Å². The molecule has 1 aliphatic rings. The number of hydrogen-bond acceptors (Lipinski definition) is 5. The molecule has 0 unspecified atom stereocenters. The highest BCUT2D eigenvalue weighted by Crippen LogP contribution is 2.24. The van der Waals surface area contributed by atoms with Crippen LogP contribution >= 0.6 is 0 Å². The fourth-order valence-electron chi connectivity index (χ4n) is 3.18. The van der Waals surface area contributed by atoms with E-state index in [0.29, 0.717) is 43.4 Å². The molecule has 1 saturated heterocycles. The molecule has 0 atom stereocenters. The van der Waals surface area contributed by atoms with Crippen LogP contribution in [0.15, 0.2) is 29.2 Å². The van der Waals surface area contributed by atoms with Crippen LogP contribution in [0.1, 0.15) is 17.0 Å². The van der Waals surface area contributed by atoms with Crippen molar-refractivity contribution in [1.29, 1.82) is 0 Å². The number of rotatable bonds is 5. The van der Waals surface area contributed by atoms with Crippen molar-refractivity contribution < 1.29 is 17.9 Å². The first-order valence-electron chi connectivity index (χ1n) is 8.77. The molecule has 8 nitrogen and oxygen atoms in total. The normalized spacial score (nSPS) is 15.7. The molecule has 1 aromatic carbocycles. The zero-order valence-electron chi connectivity index (χ0n) is 15.7. The summed E-state index contributed by atoms with van der Waals surface area (Å²) in [5.41, 5.74) is 2.58. The van der Waals surface area contributed by atoms with Crippen LogP contribution in [0, 0.1) is 20.8 Å². The predicted octanol–water partition coefficient (Wildman–Crippen LogP) is 1.47. The minimum Gasteiger partial charge on any atom is -0.379 e. The van der Waals surface area contributed by atoms with Gasteiger partial charge in [0.25, 0.3) is 0 Å². The number of benzene rings is 1. The smallest absolute Gasteiger partial charge is 0.246 e. The van der Waals surface area contributed by atoms with E-state index >= 15 is 0 Å². The highest BCUT2D eigenvalue weighted by atomic mass is 32.2. The van der Waals surface area contributed by atoms with Crippen LogP contribution in [0.25, 0.3) is 0 Å². The average molecular weight is 392 g/mol. The summed E-state index contributed by atoms with van der Waals surface area (Å²) in [6, 6.07) is 7.48. The number of carbonyl (C=O) groups is 1. The molecule has 0 aliphatic carbocycles. The van der Waals surface area contributed by atoms with Gasteiger partial charge in [0.1, 0.15) is 11.4 Å². The van der Waals surface area contributed by atoms with Crippen molar-refractivity contribution >= 4 is 21.6 Å². The van der Waals surface area contributed by atoms with Crippen LogP contribution < -0.4 is 5.32 Å². The Labute approximate surface area is 159 Å². The molecule has 27 heavy (non-hydrogen) atoms. The van der Waals surface area contributed by atoms with E-state index in [1.807, 2.05) is 25.1 Å². The Bertz CT molecular complexity index is 946.